The van der Waals surface area contributed by atoms with Crippen molar-refractivity contribution in [3.63, 3.8) is 0 Å². The molecule has 0 atom stereocenters. The van der Waals surface area contributed by atoms with E-state index >= 15 is 0 Å². The van der Waals surface area contributed by atoms with Crippen LogP contribution in [0.5, 0.6) is 5.75 Å². The van der Waals surface area contributed by atoms with Crippen molar-refractivity contribution >= 4 is 17.6 Å². The Hall–Kier alpha value is -1.43. The molecule has 0 aliphatic carbocycles. The maximum Gasteiger partial charge on any atom is 0.307 e. The van der Waals surface area contributed by atoms with E-state index in [-0.39, 0.29) is 22.9 Å². The molecule has 0 aliphatic heterocycles. The first-order valence-electron chi connectivity index (χ1n) is 4.62. The lowest BCUT2D eigenvalue weighted by molar-refractivity contribution is -0.136. The van der Waals surface area contributed by atoms with E-state index in [0.29, 0.717) is 0 Å². The number of halogens is 3. The highest BCUT2D eigenvalue weighted by Gasteiger charge is 2.21. The Kier molecular flexibility index (Phi) is 4.62. The molecule has 0 spiro atoms. The minimum Gasteiger partial charge on any atom is -0.494 e. The monoisotopic (exact) mass is 265 g/mol. The lowest BCUT2D eigenvalue weighted by atomic mass is 10.1. The Morgan fingerprint density at radius 2 is 2.29 bits per heavy atom. The number of carboxylic acids is 1. The van der Waals surface area contributed by atoms with Crippen molar-refractivity contribution in [2.75, 3.05) is 7.11 Å². The fourth-order valence-electron chi connectivity index (χ4n) is 1.42. The quantitative estimate of drug-likeness (QED) is 0.831. The van der Waals surface area contributed by atoms with Gasteiger partial charge in [0, 0.05) is 5.56 Å². The predicted octanol–water partition coefficient (Wildman–Crippen LogP) is 2.39. The van der Waals surface area contributed by atoms with E-state index in [2.05, 4.69) is 4.98 Å². The van der Waals surface area contributed by atoms with Crippen LogP contribution in [0.15, 0.2) is 6.07 Å². The summed E-state index contributed by atoms with van der Waals surface area (Å²) in [7, 11) is 1.19. The standard InChI is InChI=1S/C10H10ClF2NO3/c1-17-9-5(3-7(15)16)2-6(4-11)14-8(9)10(12)13/h2,10H,3-4H2,1H3,(H,15,16). The second-order valence-electron chi connectivity index (χ2n) is 3.20. The maximum atomic E-state index is 12.7. The van der Waals surface area contributed by atoms with Crippen LogP contribution in [0.1, 0.15) is 23.4 Å². The highest BCUT2D eigenvalue weighted by Crippen LogP contribution is 2.31. The van der Waals surface area contributed by atoms with Crippen molar-refractivity contribution in [3.8, 4) is 5.75 Å². The van der Waals surface area contributed by atoms with E-state index in [0.717, 1.165) is 0 Å². The molecule has 94 valence electrons. The van der Waals surface area contributed by atoms with E-state index in [4.69, 9.17) is 21.4 Å². The van der Waals surface area contributed by atoms with Gasteiger partial charge in [-0.3, -0.25) is 4.79 Å². The molecule has 1 aromatic heterocycles. The van der Waals surface area contributed by atoms with Crippen molar-refractivity contribution in [2.24, 2.45) is 0 Å². The maximum absolute atomic E-state index is 12.7. The van der Waals surface area contributed by atoms with Crippen molar-refractivity contribution < 1.29 is 23.4 Å². The van der Waals surface area contributed by atoms with Gasteiger partial charge in [-0.05, 0) is 6.07 Å². The molecule has 0 fully saturated rings. The zero-order valence-corrected chi connectivity index (χ0v) is 9.67. The molecular weight excluding hydrogens is 256 g/mol. The van der Waals surface area contributed by atoms with Crippen molar-refractivity contribution in [1.82, 2.24) is 4.98 Å². The first-order chi connectivity index (χ1) is 7.99. The van der Waals surface area contributed by atoms with Crippen LogP contribution in [-0.2, 0) is 17.1 Å². The van der Waals surface area contributed by atoms with Crippen molar-refractivity contribution in [1.29, 1.82) is 0 Å². The average molecular weight is 266 g/mol. The molecule has 0 saturated carbocycles. The van der Waals surface area contributed by atoms with Crippen LogP contribution in [0.2, 0.25) is 0 Å². The number of ether oxygens (including phenoxy) is 1. The van der Waals surface area contributed by atoms with Gasteiger partial charge >= 0.3 is 5.97 Å². The summed E-state index contributed by atoms with van der Waals surface area (Å²) < 4.78 is 30.2. The minimum absolute atomic E-state index is 0.0731. The molecule has 0 saturated heterocycles. The second kappa shape index (κ2) is 5.77. The number of carboxylic acid groups (broad SMARTS) is 1. The third kappa shape index (κ3) is 3.26. The first-order valence-corrected chi connectivity index (χ1v) is 5.15. The highest BCUT2D eigenvalue weighted by atomic mass is 35.5. The van der Waals surface area contributed by atoms with Crippen LogP contribution < -0.4 is 4.74 Å². The van der Waals surface area contributed by atoms with E-state index < -0.39 is 24.5 Å². The van der Waals surface area contributed by atoms with Gasteiger partial charge in [0.2, 0.25) is 0 Å². The first kappa shape index (κ1) is 13.6. The number of carbonyl (C=O) groups is 1. The molecular formula is C10H10ClF2NO3. The van der Waals surface area contributed by atoms with Gasteiger partial charge in [-0.2, -0.15) is 0 Å². The number of aromatic nitrogens is 1. The van der Waals surface area contributed by atoms with Gasteiger partial charge in [0.25, 0.3) is 6.43 Å². The molecule has 0 aliphatic rings. The number of hydrogen-bond acceptors (Lipinski definition) is 3. The van der Waals surface area contributed by atoms with E-state index in [9.17, 15) is 13.6 Å². The van der Waals surface area contributed by atoms with Gasteiger partial charge < -0.3 is 9.84 Å². The van der Waals surface area contributed by atoms with Crippen LogP contribution in [0, 0.1) is 0 Å². The second-order valence-corrected chi connectivity index (χ2v) is 3.46. The third-order valence-electron chi connectivity index (χ3n) is 2.02. The molecule has 1 heterocycles. The summed E-state index contributed by atoms with van der Waals surface area (Å²) in [5.74, 6) is -1.41. The summed E-state index contributed by atoms with van der Waals surface area (Å²) in [5.41, 5.74) is -0.248. The zero-order chi connectivity index (χ0) is 13.0. The van der Waals surface area contributed by atoms with Crippen LogP contribution in [0.3, 0.4) is 0 Å². The summed E-state index contributed by atoms with van der Waals surface area (Å²) in [6.07, 6.45) is -3.27. The summed E-state index contributed by atoms with van der Waals surface area (Å²) in [6, 6.07) is 1.35. The van der Waals surface area contributed by atoms with Gasteiger partial charge in [-0.1, -0.05) is 0 Å². The molecule has 4 nitrogen and oxygen atoms in total. The van der Waals surface area contributed by atoms with Gasteiger partial charge in [0.15, 0.2) is 0 Å². The smallest absolute Gasteiger partial charge is 0.307 e. The summed E-state index contributed by atoms with van der Waals surface area (Å²) in [6.45, 7) is 0. The highest BCUT2D eigenvalue weighted by molar-refractivity contribution is 6.16. The number of alkyl halides is 3. The Balaban J connectivity index is 3.33. The average Bonchev–Trinajstić information content (AvgIpc) is 2.26. The zero-order valence-electron chi connectivity index (χ0n) is 8.91. The summed E-state index contributed by atoms with van der Waals surface area (Å²) in [4.78, 5) is 14.3. The SMILES string of the molecule is COc1c(CC(=O)O)cc(CCl)nc1C(F)F. The molecule has 17 heavy (non-hydrogen) atoms. The van der Waals surface area contributed by atoms with Gasteiger partial charge in [-0.15, -0.1) is 11.6 Å². The lowest BCUT2D eigenvalue weighted by Gasteiger charge is -2.12. The van der Waals surface area contributed by atoms with E-state index in [1.165, 1.54) is 13.2 Å². The van der Waals surface area contributed by atoms with Crippen LogP contribution in [0.25, 0.3) is 0 Å². The number of rotatable bonds is 5. The molecule has 0 aromatic carbocycles. The molecule has 1 aromatic rings. The molecule has 7 heteroatoms. The Labute approximate surface area is 101 Å². The molecule has 0 amide bonds. The van der Waals surface area contributed by atoms with Gasteiger partial charge in [0.05, 0.1) is 25.1 Å². The van der Waals surface area contributed by atoms with E-state index in [1.54, 1.807) is 0 Å². The molecule has 0 radical (unpaired) electrons. The van der Waals surface area contributed by atoms with Crippen LogP contribution >= 0.6 is 11.6 Å². The van der Waals surface area contributed by atoms with Crippen molar-refractivity contribution in [2.45, 2.75) is 18.7 Å². The Bertz CT molecular complexity index is 426. The number of aliphatic carboxylic acids is 1. The number of nitrogens with zero attached hydrogens (tertiary/aromatic N) is 1. The summed E-state index contributed by atoms with van der Waals surface area (Å²) in [5, 5.41) is 8.68. The fraction of sp³-hybridized carbons (Fsp3) is 0.400. The van der Waals surface area contributed by atoms with Crippen molar-refractivity contribution in [3.05, 3.63) is 23.0 Å². The van der Waals surface area contributed by atoms with Gasteiger partial charge in [0.1, 0.15) is 11.4 Å². The fourth-order valence-corrected chi connectivity index (χ4v) is 1.55. The molecule has 0 bridgehead atoms. The normalized spacial score (nSPS) is 10.6. The third-order valence-corrected chi connectivity index (χ3v) is 2.29. The Morgan fingerprint density at radius 1 is 1.65 bits per heavy atom. The topological polar surface area (TPSA) is 59.4 Å². The number of methoxy groups -OCH3 is 1. The molecule has 1 rings (SSSR count). The van der Waals surface area contributed by atoms with E-state index in [1.807, 2.05) is 0 Å². The lowest BCUT2D eigenvalue weighted by Crippen LogP contribution is -2.08. The Morgan fingerprint density at radius 3 is 2.71 bits per heavy atom. The van der Waals surface area contributed by atoms with Crippen LogP contribution in [-0.4, -0.2) is 23.2 Å². The van der Waals surface area contributed by atoms with Gasteiger partial charge in [-0.25, -0.2) is 13.8 Å². The number of pyridine rings is 1. The largest absolute Gasteiger partial charge is 0.494 e. The molecule has 1 N–H and O–H groups in total. The predicted molar refractivity (Wildman–Crippen MR) is 56.6 cm³/mol. The summed E-state index contributed by atoms with van der Waals surface area (Å²) >= 11 is 5.51. The van der Waals surface area contributed by atoms with Crippen LogP contribution in [0.4, 0.5) is 8.78 Å². The molecule has 0 unspecified atom stereocenters. The number of hydrogen-bond donors (Lipinski definition) is 1. The minimum atomic E-state index is -2.85.